The van der Waals surface area contributed by atoms with E-state index in [0.29, 0.717) is 36.2 Å². The second-order valence-corrected chi connectivity index (χ2v) is 8.35. The van der Waals surface area contributed by atoms with E-state index >= 15 is 0 Å². The average Bonchev–Trinajstić information content (AvgIpc) is 3.58. The molecular formula is C22H29N9O2. The topological polar surface area (TPSA) is 133 Å². The molecule has 1 aliphatic rings. The summed E-state index contributed by atoms with van der Waals surface area (Å²) >= 11 is 0. The first-order chi connectivity index (χ1) is 16.2. The van der Waals surface area contributed by atoms with Crippen LogP contribution in [0, 0.1) is 5.92 Å². The van der Waals surface area contributed by atoms with Gasteiger partial charge in [0.25, 0.3) is 5.91 Å². The van der Waals surface area contributed by atoms with Crippen LogP contribution in [-0.2, 0) is 24.3 Å². The Labute approximate surface area is 192 Å². The van der Waals surface area contributed by atoms with E-state index in [2.05, 4.69) is 36.2 Å². The fourth-order valence-electron chi connectivity index (χ4n) is 3.92. The van der Waals surface area contributed by atoms with Gasteiger partial charge in [-0.05, 0) is 43.7 Å². The van der Waals surface area contributed by atoms with E-state index in [4.69, 9.17) is 0 Å². The van der Waals surface area contributed by atoms with Crippen LogP contribution >= 0.6 is 0 Å². The number of aromatic nitrogens is 7. The van der Waals surface area contributed by atoms with Gasteiger partial charge in [-0.2, -0.15) is 0 Å². The number of unbranched alkanes of at least 4 members (excludes halogenated alkanes) is 1. The number of anilines is 1. The Balaban J connectivity index is 1.14. The summed E-state index contributed by atoms with van der Waals surface area (Å²) in [5.74, 6) is 0.666. The third kappa shape index (κ3) is 6.93. The van der Waals surface area contributed by atoms with Crippen LogP contribution in [0.1, 0.15) is 54.7 Å². The van der Waals surface area contributed by atoms with Gasteiger partial charge in [0.1, 0.15) is 0 Å². The first-order valence-electron chi connectivity index (χ1n) is 11.4. The first kappa shape index (κ1) is 22.6. The van der Waals surface area contributed by atoms with Gasteiger partial charge in [0.15, 0.2) is 11.5 Å². The zero-order valence-corrected chi connectivity index (χ0v) is 18.6. The van der Waals surface area contributed by atoms with E-state index < -0.39 is 0 Å². The van der Waals surface area contributed by atoms with E-state index in [1.54, 1.807) is 34.0 Å². The van der Waals surface area contributed by atoms with E-state index in [0.717, 1.165) is 19.4 Å². The summed E-state index contributed by atoms with van der Waals surface area (Å²) in [7, 11) is 0. The van der Waals surface area contributed by atoms with Gasteiger partial charge in [-0.1, -0.05) is 29.3 Å². The van der Waals surface area contributed by atoms with Crippen LogP contribution in [-0.4, -0.2) is 53.3 Å². The Kier molecular flexibility index (Phi) is 7.72. The third-order valence-corrected chi connectivity index (χ3v) is 5.70. The molecule has 33 heavy (non-hydrogen) atoms. The number of hydrogen-bond acceptors (Lipinski definition) is 7. The summed E-state index contributed by atoms with van der Waals surface area (Å²) in [6.45, 7) is 2.03. The van der Waals surface area contributed by atoms with Gasteiger partial charge in [-0.25, -0.2) is 0 Å². The highest BCUT2D eigenvalue weighted by Crippen LogP contribution is 2.23. The minimum atomic E-state index is -0.185. The highest BCUT2D eigenvalue weighted by molar-refractivity contribution is 5.92. The van der Waals surface area contributed by atoms with Gasteiger partial charge in [0.2, 0.25) is 5.91 Å². The van der Waals surface area contributed by atoms with E-state index in [1.807, 2.05) is 12.1 Å². The maximum atomic E-state index is 12.2. The monoisotopic (exact) mass is 451 g/mol. The SMILES string of the molecule is O=C(Cc1ccccn1)Nc1cn(CCCCn2cc(C(=O)NCC3CCCC3)nn2)nn1. The van der Waals surface area contributed by atoms with Crippen molar-refractivity contribution in [2.24, 2.45) is 5.92 Å². The van der Waals surface area contributed by atoms with Crippen LogP contribution < -0.4 is 10.6 Å². The molecule has 0 bridgehead atoms. The summed E-state index contributed by atoms with van der Waals surface area (Å²) in [6.07, 6.45) is 11.8. The van der Waals surface area contributed by atoms with Gasteiger partial charge in [-0.3, -0.25) is 23.9 Å². The fourth-order valence-corrected chi connectivity index (χ4v) is 3.92. The van der Waals surface area contributed by atoms with E-state index in [9.17, 15) is 9.59 Å². The fraction of sp³-hybridized carbons (Fsp3) is 0.500. The van der Waals surface area contributed by atoms with Crippen LogP contribution in [0.4, 0.5) is 5.82 Å². The lowest BCUT2D eigenvalue weighted by atomic mass is 10.1. The normalized spacial score (nSPS) is 13.8. The molecule has 2 amide bonds. The molecular weight excluding hydrogens is 422 g/mol. The van der Waals surface area contributed by atoms with Crippen molar-refractivity contribution in [3.8, 4) is 0 Å². The lowest BCUT2D eigenvalue weighted by Gasteiger charge is -2.08. The quantitative estimate of drug-likeness (QED) is 0.425. The predicted molar refractivity (Wildman–Crippen MR) is 120 cm³/mol. The summed E-state index contributed by atoms with van der Waals surface area (Å²) in [4.78, 5) is 28.5. The van der Waals surface area contributed by atoms with Crippen LogP contribution in [0.3, 0.4) is 0 Å². The van der Waals surface area contributed by atoms with Crippen molar-refractivity contribution < 1.29 is 9.59 Å². The molecule has 1 saturated carbocycles. The van der Waals surface area contributed by atoms with Crippen molar-refractivity contribution >= 4 is 17.6 Å². The molecule has 0 aromatic carbocycles. The average molecular weight is 452 g/mol. The second kappa shape index (κ2) is 11.3. The molecule has 3 aromatic heterocycles. The molecule has 3 aromatic rings. The van der Waals surface area contributed by atoms with Crippen molar-refractivity contribution in [2.75, 3.05) is 11.9 Å². The zero-order valence-electron chi connectivity index (χ0n) is 18.6. The number of aryl methyl sites for hydroxylation is 2. The highest BCUT2D eigenvalue weighted by atomic mass is 16.2. The second-order valence-electron chi connectivity index (χ2n) is 8.35. The molecule has 0 saturated heterocycles. The molecule has 0 atom stereocenters. The Morgan fingerprint density at radius 3 is 2.52 bits per heavy atom. The lowest BCUT2D eigenvalue weighted by molar-refractivity contribution is -0.115. The molecule has 1 aliphatic carbocycles. The van der Waals surface area contributed by atoms with Crippen LogP contribution in [0.5, 0.6) is 0 Å². The predicted octanol–water partition coefficient (Wildman–Crippen LogP) is 1.85. The van der Waals surface area contributed by atoms with Crippen molar-refractivity contribution in [3.63, 3.8) is 0 Å². The number of pyridine rings is 1. The van der Waals surface area contributed by atoms with Gasteiger partial charge < -0.3 is 10.6 Å². The van der Waals surface area contributed by atoms with Crippen molar-refractivity contribution in [1.82, 2.24) is 40.3 Å². The molecule has 0 unspecified atom stereocenters. The zero-order chi connectivity index (χ0) is 22.9. The molecule has 2 N–H and O–H groups in total. The van der Waals surface area contributed by atoms with Gasteiger partial charge in [-0.15, -0.1) is 10.2 Å². The number of carbonyl (C=O) groups is 2. The standard InChI is InChI=1S/C22H29N9O2/c32-21(13-18-9-3-4-10-23-18)25-20-16-31(29-27-20)12-6-5-11-30-15-19(26-28-30)22(33)24-14-17-7-1-2-8-17/h3-4,9-10,15-17H,1-2,5-8,11-14H2,(H,24,33)(H,25,32). The maximum absolute atomic E-state index is 12.2. The molecule has 0 spiro atoms. The van der Waals surface area contributed by atoms with Gasteiger partial charge in [0.05, 0.1) is 18.8 Å². The summed E-state index contributed by atoms with van der Waals surface area (Å²) in [5, 5.41) is 21.8. The minimum Gasteiger partial charge on any atom is -0.350 e. The number of carbonyl (C=O) groups excluding carboxylic acids is 2. The summed E-state index contributed by atoms with van der Waals surface area (Å²) in [6, 6.07) is 5.46. The Bertz CT molecular complexity index is 1040. The highest BCUT2D eigenvalue weighted by Gasteiger charge is 2.17. The molecule has 0 aliphatic heterocycles. The number of rotatable bonds is 11. The first-order valence-corrected chi connectivity index (χ1v) is 11.4. The van der Waals surface area contributed by atoms with Crippen molar-refractivity contribution in [2.45, 2.75) is 58.0 Å². The van der Waals surface area contributed by atoms with E-state index in [1.165, 1.54) is 25.7 Å². The van der Waals surface area contributed by atoms with Gasteiger partial charge >= 0.3 is 0 Å². The van der Waals surface area contributed by atoms with Crippen LogP contribution in [0.15, 0.2) is 36.8 Å². The molecule has 11 nitrogen and oxygen atoms in total. The molecule has 1 fully saturated rings. The number of nitrogens with one attached hydrogen (secondary N) is 2. The lowest BCUT2D eigenvalue weighted by Crippen LogP contribution is -2.28. The molecule has 4 rings (SSSR count). The van der Waals surface area contributed by atoms with Crippen molar-refractivity contribution in [3.05, 3.63) is 48.2 Å². The Morgan fingerprint density at radius 2 is 1.76 bits per heavy atom. The third-order valence-electron chi connectivity index (χ3n) is 5.70. The largest absolute Gasteiger partial charge is 0.350 e. The number of amides is 2. The Hall–Kier alpha value is -3.63. The van der Waals surface area contributed by atoms with Gasteiger partial charge in [0, 0.05) is 31.5 Å². The molecule has 11 heteroatoms. The van der Waals surface area contributed by atoms with E-state index in [-0.39, 0.29) is 18.2 Å². The number of hydrogen-bond donors (Lipinski definition) is 2. The van der Waals surface area contributed by atoms with Crippen LogP contribution in [0.25, 0.3) is 0 Å². The smallest absolute Gasteiger partial charge is 0.273 e. The summed E-state index contributed by atoms with van der Waals surface area (Å²) < 4.78 is 3.38. The number of nitrogens with zero attached hydrogens (tertiary/aromatic N) is 7. The molecule has 0 radical (unpaired) electrons. The minimum absolute atomic E-state index is 0.159. The molecule has 3 heterocycles. The van der Waals surface area contributed by atoms with Crippen molar-refractivity contribution in [1.29, 1.82) is 0 Å². The summed E-state index contributed by atoms with van der Waals surface area (Å²) in [5.41, 5.74) is 1.06. The molecule has 174 valence electrons. The van der Waals surface area contributed by atoms with Crippen LogP contribution in [0.2, 0.25) is 0 Å². The Morgan fingerprint density at radius 1 is 1.00 bits per heavy atom. The maximum Gasteiger partial charge on any atom is 0.273 e.